The molecule has 0 saturated carbocycles. The summed E-state index contributed by atoms with van der Waals surface area (Å²) in [7, 11) is 0. The van der Waals surface area contributed by atoms with E-state index >= 15 is 0 Å². The molecule has 2 aromatic heterocycles. The van der Waals surface area contributed by atoms with Crippen molar-refractivity contribution in [2.24, 2.45) is 0 Å². The zero-order chi connectivity index (χ0) is 13.1. The number of hydrogen-bond acceptors (Lipinski definition) is 4. The van der Waals surface area contributed by atoms with Crippen LogP contribution in [0.4, 0.5) is 0 Å². The fourth-order valence-corrected chi connectivity index (χ4v) is 2.45. The van der Waals surface area contributed by atoms with E-state index in [1.54, 1.807) is 6.33 Å². The Kier molecular flexibility index (Phi) is 4.37. The van der Waals surface area contributed by atoms with Gasteiger partial charge in [-0.1, -0.05) is 24.9 Å². The minimum atomic E-state index is 0.105. The molecule has 2 aromatic rings. The van der Waals surface area contributed by atoms with E-state index < -0.39 is 0 Å². The van der Waals surface area contributed by atoms with Crippen LogP contribution >= 0.6 is 23.2 Å². The highest BCUT2D eigenvalue weighted by Gasteiger charge is 2.17. The van der Waals surface area contributed by atoms with Crippen LogP contribution in [0.1, 0.15) is 32.2 Å². The predicted octanol–water partition coefficient (Wildman–Crippen LogP) is 2.86. The summed E-state index contributed by atoms with van der Waals surface area (Å²) in [5, 5.41) is 9.48. The second kappa shape index (κ2) is 5.82. The molecule has 0 radical (unpaired) electrons. The Bertz CT molecular complexity index is 537. The van der Waals surface area contributed by atoms with Gasteiger partial charge in [-0.05, 0) is 24.4 Å². The molecule has 1 unspecified atom stereocenters. The SMILES string of the molecule is CCCC(CCO)n1cnc2c(Cl)nc(Cl)nc21. The summed E-state index contributed by atoms with van der Waals surface area (Å²) >= 11 is 11.8. The molecule has 0 aromatic carbocycles. The maximum Gasteiger partial charge on any atom is 0.225 e. The maximum absolute atomic E-state index is 9.12. The lowest BCUT2D eigenvalue weighted by Crippen LogP contribution is -2.10. The molecule has 0 bridgehead atoms. The number of aromatic nitrogens is 4. The third kappa shape index (κ3) is 2.58. The number of aliphatic hydroxyl groups is 1. The molecule has 0 spiro atoms. The van der Waals surface area contributed by atoms with E-state index in [9.17, 15) is 0 Å². The van der Waals surface area contributed by atoms with Crippen molar-refractivity contribution in [1.82, 2.24) is 19.5 Å². The van der Waals surface area contributed by atoms with Gasteiger partial charge in [0.1, 0.15) is 5.52 Å². The van der Waals surface area contributed by atoms with Gasteiger partial charge in [0.05, 0.1) is 6.33 Å². The first-order chi connectivity index (χ1) is 8.67. The van der Waals surface area contributed by atoms with Gasteiger partial charge < -0.3 is 9.67 Å². The van der Waals surface area contributed by atoms with Crippen molar-refractivity contribution in [3.8, 4) is 0 Å². The van der Waals surface area contributed by atoms with Crippen LogP contribution in [-0.2, 0) is 0 Å². The average Bonchev–Trinajstić information content (AvgIpc) is 2.72. The zero-order valence-electron chi connectivity index (χ0n) is 9.98. The molecule has 18 heavy (non-hydrogen) atoms. The number of fused-ring (bicyclic) bond motifs is 1. The molecule has 98 valence electrons. The number of halogens is 2. The number of imidazole rings is 1. The number of rotatable bonds is 5. The van der Waals surface area contributed by atoms with Crippen LogP contribution in [0.2, 0.25) is 10.4 Å². The topological polar surface area (TPSA) is 63.8 Å². The molecule has 2 rings (SSSR count). The van der Waals surface area contributed by atoms with Crippen molar-refractivity contribution in [2.75, 3.05) is 6.61 Å². The fraction of sp³-hybridized carbons (Fsp3) is 0.545. The second-order valence-electron chi connectivity index (χ2n) is 4.06. The largest absolute Gasteiger partial charge is 0.396 e. The quantitative estimate of drug-likeness (QED) is 0.679. The minimum absolute atomic E-state index is 0.105. The van der Waals surface area contributed by atoms with Crippen molar-refractivity contribution in [2.45, 2.75) is 32.2 Å². The molecule has 0 aliphatic rings. The van der Waals surface area contributed by atoms with E-state index in [2.05, 4.69) is 21.9 Å². The molecular weight excluding hydrogens is 275 g/mol. The summed E-state index contributed by atoms with van der Waals surface area (Å²) < 4.78 is 1.91. The third-order valence-electron chi connectivity index (χ3n) is 2.83. The standard InChI is InChI=1S/C11H14Cl2N4O/c1-2-3-7(4-5-18)17-6-14-8-9(12)15-11(13)16-10(8)17/h6-7,18H,2-5H2,1H3. The lowest BCUT2D eigenvalue weighted by atomic mass is 10.1. The van der Waals surface area contributed by atoms with Gasteiger partial charge in [0.25, 0.3) is 0 Å². The Morgan fingerprint density at radius 3 is 2.78 bits per heavy atom. The average molecular weight is 289 g/mol. The Morgan fingerprint density at radius 1 is 1.33 bits per heavy atom. The molecule has 0 fully saturated rings. The fourth-order valence-electron chi connectivity index (χ4n) is 2.03. The van der Waals surface area contributed by atoms with Gasteiger partial charge in [-0.15, -0.1) is 0 Å². The predicted molar refractivity (Wildman–Crippen MR) is 71.0 cm³/mol. The van der Waals surface area contributed by atoms with Crippen molar-refractivity contribution < 1.29 is 5.11 Å². The highest BCUT2D eigenvalue weighted by atomic mass is 35.5. The van der Waals surface area contributed by atoms with Crippen LogP contribution in [-0.4, -0.2) is 31.2 Å². The number of aliphatic hydroxyl groups excluding tert-OH is 1. The van der Waals surface area contributed by atoms with E-state index in [0.717, 1.165) is 12.8 Å². The van der Waals surface area contributed by atoms with Gasteiger partial charge in [-0.25, -0.2) is 9.97 Å². The molecule has 1 N–H and O–H groups in total. The summed E-state index contributed by atoms with van der Waals surface area (Å²) in [4.78, 5) is 12.2. The van der Waals surface area contributed by atoms with Crippen molar-refractivity contribution in [3.63, 3.8) is 0 Å². The van der Waals surface area contributed by atoms with Gasteiger partial charge >= 0.3 is 0 Å². The van der Waals surface area contributed by atoms with Gasteiger partial charge in [0.2, 0.25) is 5.28 Å². The van der Waals surface area contributed by atoms with E-state index in [1.165, 1.54) is 0 Å². The molecule has 0 aliphatic carbocycles. The third-order valence-corrected chi connectivity index (χ3v) is 3.26. The number of nitrogens with zero attached hydrogens (tertiary/aromatic N) is 4. The molecule has 2 heterocycles. The molecule has 7 heteroatoms. The maximum atomic E-state index is 9.12. The van der Waals surface area contributed by atoms with Crippen LogP contribution in [0.25, 0.3) is 11.2 Å². The summed E-state index contributed by atoms with van der Waals surface area (Å²) in [6.07, 6.45) is 4.28. The van der Waals surface area contributed by atoms with Crippen molar-refractivity contribution >= 4 is 34.4 Å². The molecule has 5 nitrogen and oxygen atoms in total. The van der Waals surface area contributed by atoms with Gasteiger partial charge in [0, 0.05) is 12.6 Å². The van der Waals surface area contributed by atoms with Crippen molar-refractivity contribution in [1.29, 1.82) is 0 Å². The lowest BCUT2D eigenvalue weighted by molar-refractivity contribution is 0.253. The smallest absolute Gasteiger partial charge is 0.225 e. The summed E-state index contributed by atoms with van der Waals surface area (Å²) in [6.45, 7) is 2.22. The van der Waals surface area contributed by atoms with Crippen LogP contribution in [0.5, 0.6) is 0 Å². The van der Waals surface area contributed by atoms with Crippen LogP contribution in [0.15, 0.2) is 6.33 Å². The van der Waals surface area contributed by atoms with Crippen molar-refractivity contribution in [3.05, 3.63) is 16.8 Å². The van der Waals surface area contributed by atoms with Crippen LogP contribution in [0, 0.1) is 0 Å². The van der Waals surface area contributed by atoms with Crippen LogP contribution in [0.3, 0.4) is 0 Å². The molecule has 0 amide bonds. The molecule has 0 aliphatic heterocycles. The Labute approximate surface area is 115 Å². The molecular formula is C11H14Cl2N4O. The Balaban J connectivity index is 2.49. The van der Waals surface area contributed by atoms with Gasteiger partial charge in [0.15, 0.2) is 10.8 Å². The Morgan fingerprint density at radius 2 is 2.11 bits per heavy atom. The van der Waals surface area contributed by atoms with Crippen LogP contribution < -0.4 is 0 Å². The number of hydrogen-bond donors (Lipinski definition) is 1. The van der Waals surface area contributed by atoms with Gasteiger partial charge in [-0.3, -0.25) is 0 Å². The Hall–Kier alpha value is -0.910. The molecule has 0 saturated heterocycles. The van der Waals surface area contributed by atoms with Gasteiger partial charge in [-0.2, -0.15) is 4.98 Å². The van der Waals surface area contributed by atoms with E-state index in [-0.39, 0.29) is 23.1 Å². The summed E-state index contributed by atoms with van der Waals surface area (Å²) in [5.74, 6) is 0. The first-order valence-electron chi connectivity index (χ1n) is 5.83. The lowest BCUT2D eigenvalue weighted by Gasteiger charge is -2.17. The molecule has 1 atom stereocenters. The first kappa shape index (κ1) is 13.5. The van der Waals surface area contributed by atoms with E-state index in [4.69, 9.17) is 28.3 Å². The van der Waals surface area contributed by atoms with E-state index in [0.29, 0.717) is 17.6 Å². The summed E-state index contributed by atoms with van der Waals surface area (Å²) in [6, 6.07) is 0.145. The highest BCUT2D eigenvalue weighted by molar-refractivity contribution is 6.35. The normalized spacial score (nSPS) is 13.1. The summed E-state index contributed by atoms with van der Waals surface area (Å²) in [5.41, 5.74) is 1.16. The second-order valence-corrected chi connectivity index (χ2v) is 4.76. The van der Waals surface area contributed by atoms with E-state index in [1.807, 2.05) is 4.57 Å². The first-order valence-corrected chi connectivity index (χ1v) is 6.59. The monoisotopic (exact) mass is 288 g/mol. The minimum Gasteiger partial charge on any atom is -0.396 e. The highest BCUT2D eigenvalue weighted by Crippen LogP contribution is 2.26. The zero-order valence-corrected chi connectivity index (χ0v) is 11.5.